The molecule has 1 N–H and O–H groups in total. The van der Waals surface area contributed by atoms with Crippen LogP contribution in [0.15, 0.2) is 0 Å². The third-order valence-electron chi connectivity index (χ3n) is 1.63. The fraction of sp³-hybridized carbons (Fsp3) is 1.00. The predicted molar refractivity (Wildman–Crippen MR) is 35.0 cm³/mol. The van der Waals surface area contributed by atoms with Crippen LogP contribution in [-0.4, -0.2) is 26.3 Å². The Kier molecular flexibility index (Phi) is 2.30. The summed E-state index contributed by atoms with van der Waals surface area (Å²) in [5, 5.41) is 3.22. The van der Waals surface area contributed by atoms with Gasteiger partial charge in [0.2, 0.25) is 0 Å². The molecule has 8 heavy (non-hydrogen) atoms. The summed E-state index contributed by atoms with van der Waals surface area (Å²) in [5.74, 6) is 0. The van der Waals surface area contributed by atoms with Crippen molar-refractivity contribution >= 4 is 0 Å². The lowest BCUT2D eigenvalue weighted by Gasteiger charge is -2.20. The molecular weight excluding hydrogens is 102 g/mol. The first-order valence-corrected chi connectivity index (χ1v) is 3.18. The molecule has 0 aliphatic carbocycles. The zero-order valence-electron chi connectivity index (χ0n) is 5.31. The van der Waals surface area contributed by atoms with E-state index in [1.54, 1.807) is 0 Å². The fourth-order valence-electron chi connectivity index (χ4n) is 0.986. The van der Waals surface area contributed by atoms with Crippen molar-refractivity contribution in [1.29, 1.82) is 0 Å². The Balaban J connectivity index is 0.000000640. The number of rotatable bonds is 1. The van der Waals surface area contributed by atoms with Gasteiger partial charge in [-0.25, -0.2) is 0 Å². The van der Waals surface area contributed by atoms with Crippen LogP contribution in [0, 0.1) is 0 Å². The maximum Gasteiger partial charge on any atom is 0.0480 e. The Morgan fingerprint density at radius 1 is 1.50 bits per heavy atom. The van der Waals surface area contributed by atoms with Crippen molar-refractivity contribution < 1.29 is 6.16 Å². The van der Waals surface area contributed by atoms with Gasteiger partial charge in [-0.05, 0) is 19.9 Å². The molecule has 0 amide bonds. The number of nitrogens with one attached hydrogen (secondary N) is 1. The minimum atomic E-state index is 0. The second kappa shape index (κ2) is 3.05. The first kappa shape index (κ1) is 6.05. The maximum absolute atomic E-state index is 5.16. The van der Waals surface area contributed by atoms with Crippen molar-refractivity contribution in [2.45, 2.75) is 18.9 Å². The fourth-order valence-corrected chi connectivity index (χ4v) is 0.986. The van der Waals surface area contributed by atoms with E-state index in [2.05, 4.69) is 5.32 Å². The molecule has 2 nitrogen and oxygen atoms in total. The Morgan fingerprint density at radius 3 is 2.50 bits per heavy atom. The largest absolute Gasteiger partial charge is 0.381 e. The van der Waals surface area contributed by atoms with E-state index < -0.39 is 0 Å². The molecule has 1 aliphatic heterocycles. The van der Waals surface area contributed by atoms with Crippen LogP contribution in [0.25, 0.3) is 0 Å². The highest BCUT2D eigenvalue weighted by Crippen LogP contribution is 2.04. The lowest BCUT2D eigenvalue weighted by molar-refractivity contribution is 0.0799. The molecule has 0 unspecified atom stereocenters. The third-order valence-corrected chi connectivity index (χ3v) is 1.63. The molecular formula is C6H15NO. The standard InChI is InChI=1S/C6H13NO.H2/c1-7-6-2-4-8-5-3-6;/h6-7H,2-5H2,1H3;1H. The molecule has 1 heterocycles. The monoisotopic (exact) mass is 117 g/mol. The van der Waals surface area contributed by atoms with Gasteiger partial charge in [0.1, 0.15) is 0 Å². The van der Waals surface area contributed by atoms with Gasteiger partial charge in [0.15, 0.2) is 0 Å². The third kappa shape index (κ3) is 1.46. The van der Waals surface area contributed by atoms with E-state index in [-0.39, 0.29) is 1.43 Å². The second-order valence-electron chi connectivity index (χ2n) is 2.18. The highest BCUT2D eigenvalue weighted by Gasteiger charge is 2.09. The van der Waals surface area contributed by atoms with E-state index >= 15 is 0 Å². The first-order chi connectivity index (χ1) is 3.93. The molecule has 0 saturated carbocycles. The van der Waals surface area contributed by atoms with Gasteiger partial charge in [-0.3, -0.25) is 0 Å². The van der Waals surface area contributed by atoms with Crippen molar-refractivity contribution in [3.05, 3.63) is 0 Å². The van der Waals surface area contributed by atoms with Gasteiger partial charge in [-0.15, -0.1) is 0 Å². The molecule has 0 radical (unpaired) electrons. The summed E-state index contributed by atoms with van der Waals surface area (Å²) in [5.41, 5.74) is 0. The average Bonchev–Trinajstić information content (AvgIpc) is 1.90. The summed E-state index contributed by atoms with van der Waals surface area (Å²) in [6, 6.07) is 0.712. The van der Waals surface area contributed by atoms with Crippen LogP contribution in [0.4, 0.5) is 0 Å². The van der Waals surface area contributed by atoms with Crippen molar-refractivity contribution in [3.8, 4) is 0 Å². The van der Waals surface area contributed by atoms with Crippen LogP contribution in [-0.2, 0) is 4.74 Å². The summed E-state index contributed by atoms with van der Waals surface area (Å²) < 4.78 is 5.16. The molecule has 0 aromatic rings. The zero-order valence-corrected chi connectivity index (χ0v) is 5.31. The lowest BCUT2D eigenvalue weighted by atomic mass is 10.1. The van der Waals surface area contributed by atoms with Crippen molar-refractivity contribution in [1.82, 2.24) is 5.32 Å². The van der Waals surface area contributed by atoms with E-state index in [9.17, 15) is 0 Å². The smallest absolute Gasteiger partial charge is 0.0480 e. The first-order valence-electron chi connectivity index (χ1n) is 3.18. The number of hydrogen-bond donors (Lipinski definition) is 1. The number of ether oxygens (including phenoxy) is 1. The maximum atomic E-state index is 5.16. The Morgan fingerprint density at radius 2 is 2.12 bits per heavy atom. The van der Waals surface area contributed by atoms with Gasteiger partial charge >= 0.3 is 0 Å². The van der Waals surface area contributed by atoms with Gasteiger partial charge in [0.05, 0.1) is 0 Å². The van der Waals surface area contributed by atoms with Crippen LogP contribution >= 0.6 is 0 Å². The molecule has 0 bridgehead atoms. The van der Waals surface area contributed by atoms with Crippen LogP contribution in [0.1, 0.15) is 14.3 Å². The molecule has 0 atom stereocenters. The SMILES string of the molecule is CNC1CCOCC1.[HH]. The van der Waals surface area contributed by atoms with Crippen molar-refractivity contribution in [3.63, 3.8) is 0 Å². The van der Waals surface area contributed by atoms with Gasteiger partial charge in [0.25, 0.3) is 0 Å². The molecule has 1 fully saturated rings. The summed E-state index contributed by atoms with van der Waals surface area (Å²) in [6.45, 7) is 1.87. The van der Waals surface area contributed by atoms with Crippen LogP contribution in [0.5, 0.6) is 0 Å². The minimum Gasteiger partial charge on any atom is -0.381 e. The Hall–Kier alpha value is -0.0800. The number of hydrogen-bond acceptors (Lipinski definition) is 2. The Bertz CT molecular complexity index is 64.1. The van der Waals surface area contributed by atoms with Crippen molar-refractivity contribution in [2.75, 3.05) is 20.3 Å². The second-order valence-corrected chi connectivity index (χ2v) is 2.18. The quantitative estimate of drug-likeness (QED) is 0.544. The molecule has 1 rings (SSSR count). The minimum absolute atomic E-state index is 0. The lowest BCUT2D eigenvalue weighted by Crippen LogP contribution is -2.31. The van der Waals surface area contributed by atoms with Gasteiger partial charge < -0.3 is 10.1 Å². The molecule has 0 aromatic carbocycles. The van der Waals surface area contributed by atoms with E-state index in [0.717, 1.165) is 13.2 Å². The topological polar surface area (TPSA) is 21.3 Å². The van der Waals surface area contributed by atoms with Gasteiger partial charge in [-0.1, -0.05) is 0 Å². The Labute approximate surface area is 51.7 Å². The predicted octanol–water partition coefficient (Wildman–Crippen LogP) is 0.631. The molecule has 0 spiro atoms. The summed E-state index contributed by atoms with van der Waals surface area (Å²) in [7, 11) is 2.01. The zero-order chi connectivity index (χ0) is 5.82. The average molecular weight is 117 g/mol. The van der Waals surface area contributed by atoms with Crippen LogP contribution in [0.3, 0.4) is 0 Å². The van der Waals surface area contributed by atoms with Gasteiger partial charge in [0, 0.05) is 20.7 Å². The normalized spacial score (nSPS) is 23.6. The summed E-state index contributed by atoms with van der Waals surface area (Å²) >= 11 is 0. The van der Waals surface area contributed by atoms with E-state index in [0.29, 0.717) is 6.04 Å². The van der Waals surface area contributed by atoms with E-state index in [1.165, 1.54) is 12.8 Å². The van der Waals surface area contributed by atoms with Gasteiger partial charge in [-0.2, -0.15) is 0 Å². The molecule has 2 heteroatoms. The van der Waals surface area contributed by atoms with Crippen LogP contribution < -0.4 is 5.32 Å². The molecule has 1 aliphatic rings. The highest BCUT2D eigenvalue weighted by molar-refractivity contribution is 4.66. The summed E-state index contributed by atoms with van der Waals surface area (Å²) in [6.07, 6.45) is 2.35. The van der Waals surface area contributed by atoms with E-state index in [4.69, 9.17) is 4.74 Å². The summed E-state index contributed by atoms with van der Waals surface area (Å²) in [4.78, 5) is 0. The van der Waals surface area contributed by atoms with Crippen LogP contribution in [0.2, 0.25) is 0 Å². The molecule has 0 aromatic heterocycles. The van der Waals surface area contributed by atoms with E-state index in [1.807, 2.05) is 7.05 Å². The highest BCUT2D eigenvalue weighted by atomic mass is 16.5. The molecule has 50 valence electrons. The van der Waals surface area contributed by atoms with Crippen molar-refractivity contribution in [2.24, 2.45) is 0 Å². The molecule has 1 saturated heterocycles.